The summed E-state index contributed by atoms with van der Waals surface area (Å²) < 4.78 is 0. The van der Waals surface area contributed by atoms with Gasteiger partial charge >= 0.3 is 0 Å². The van der Waals surface area contributed by atoms with E-state index >= 15 is 0 Å². The fraction of sp³-hybridized carbons (Fsp3) is 1.00. The quantitative estimate of drug-likeness (QED) is 0.492. The molecule has 1 atom stereocenters. The summed E-state index contributed by atoms with van der Waals surface area (Å²) in [6.45, 7) is 3.29. The van der Waals surface area contributed by atoms with Gasteiger partial charge in [0.15, 0.2) is 0 Å². The first-order valence-electron chi connectivity index (χ1n) is 3.05. The van der Waals surface area contributed by atoms with Crippen molar-refractivity contribution in [2.24, 2.45) is 0 Å². The van der Waals surface area contributed by atoms with Gasteiger partial charge in [0.1, 0.15) is 0 Å². The van der Waals surface area contributed by atoms with Gasteiger partial charge in [0.05, 0.1) is 0 Å². The number of hydrazine groups is 2. The smallest absolute Gasteiger partial charge is 0.0365 e. The van der Waals surface area contributed by atoms with Crippen molar-refractivity contribution in [1.82, 2.24) is 16.0 Å². The van der Waals surface area contributed by atoms with Crippen LogP contribution in [0.4, 0.5) is 0 Å². The Kier molecular flexibility index (Phi) is 1.83. The molecule has 2 N–H and O–H groups in total. The van der Waals surface area contributed by atoms with Crippen LogP contribution in [0.25, 0.3) is 0 Å². The third kappa shape index (κ3) is 1.18. The molecule has 0 amide bonds. The number of nitrogens with zero attached hydrogens (tertiary/aromatic N) is 1. The van der Waals surface area contributed by atoms with Gasteiger partial charge in [0.25, 0.3) is 0 Å². The predicted molar refractivity (Wildman–Crippen MR) is 33.0 cm³/mol. The monoisotopic (exact) mass is 115 g/mol. The van der Waals surface area contributed by atoms with Crippen LogP contribution in [0, 0.1) is 0 Å². The minimum Gasteiger partial charge on any atom is -0.240 e. The summed E-state index contributed by atoms with van der Waals surface area (Å²) in [5.74, 6) is 0. The molecule has 1 fully saturated rings. The molecule has 0 bridgehead atoms. The lowest BCUT2D eigenvalue weighted by atomic mass is 10.2. The van der Waals surface area contributed by atoms with Crippen molar-refractivity contribution in [3.8, 4) is 0 Å². The van der Waals surface area contributed by atoms with Crippen LogP contribution >= 0.6 is 0 Å². The van der Waals surface area contributed by atoms with E-state index in [9.17, 15) is 0 Å². The minimum absolute atomic E-state index is 0.639. The van der Waals surface area contributed by atoms with Crippen LogP contribution in [0.3, 0.4) is 0 Å². The number of likely N-dealkylation sites (N-methyl/N-ethyl adjacent to an activating group) is 1. The summed E-state index contributed by atoms with van der Waals surface area (Å²) in [5, 5.41) is 2.05. The Morgan fingerprint density at radius 3 is 2.75 bits per heavy atom. The van der Waals surface area contributed by atoms with Crippen molar-refractivity contribution in [3.05, 3.63) is 0 Å². The lowest BCUT2D eigenvalue weighted by Gasteiger charge is -2.02. The summed E-state index contributed by atoms with van der Waals surface area (Å²) >= 11 is 0. The molecule has 3 nitrogen and oxygen atoms in total. The molecule has 1 heterocycles. The van der Waals surface area contributed by atoms with E-state index < -0.39 is 0 Å². The van der Waals surface area contributed by atoms with Gasteiger partial charge in [-0.2, -0.15) is 5.53 Å². The number of rotatable bonds is 1. The van der Waals surface area contributed by atoms with Crippen LogP contribution in [0.5, 0.6) is 0 Å². The standard InChI is InChI=1S/C5H13N3/c1-3-5-4-8(2)7-6-5/h5-7H,3-4H2,1-2H3. The van der Waals surface area contributed by atoms with Crippen molar-refractivity contribution in [2.45, 2.75) is 19.4 Å². The molecule has 0 aromatic carbocycles. The topological polar surface area (TPSA) is 27.3 Å². The van der Waals surface area contributed by atoms with E-state index in [0.29, 0.717) is 6.04 Å². The average molecular weight is 115 g/mol. The zero-order chi connectivity index (χ0) is 5.98. The van der Waals surface area contributed by atoms with Crippen LogP contribution in [0.15, 0.2) is 0 Å². The van der Waals surface area contributed by atoms with Gasteiger partial charge in [-0.1, -0.05) is 6.92 Å². The van der Waals surface area contributed by atoms with Crippen molar-refractivity contribution in [1.29, 1.82) is 0 Å². The van der Waals surface area contributed by atoms with E-state index in [2.05, 4.69) is 17.9 Å². The Labute approximate surface area is 50.0 Å². The maximum atomic E-state index is 3.13. The highest BCUT2D eigenvalue weighted by atomic mass is 15.7. The van der Waals surface area contributed by atoms with Gasteiger partial charge in [-0.15, -0.1) is 0 Å². The SMILES string of the molecule is CCC1CN(C)NN1. The molecular formula is C5H13N3. The maximum absolute atomic E-state index is 3.13. The second-order valence-electron chi connectivity index (χ2n) is 2.24. The van der Waals surface area contributed by atoms with Gasteiger partial charge in [-0.3, -0.25) is 0 Å². The summed E-state index contributed by atoms with van der Waals surface area (Å²) in [6, 6.07) is 0.639. The third-order valence-corrected chi connectivity index (χ3v) is 1.45. The van der Waals surface area contributed by atoms with E-state index in [-0.39, 0.29) is 0 Å². The molecule has 0 aromatic heterocycles. The van der Waals surface area contributed by atoms with Crippen LogP contribution in [-0.4, -0.2) is 24.6 Å². The van der Waals surface area contributed by atoms with Crippen molar-refractivity contribution in [3.63, 3.8) is 0 Å². The lowest BCUT2D eigenvalue weighted by molar-refractivity contribution is 0.289. The highest BCUT2D eigenvalue weighted by Crippen LogP contribution is 1.95. The zero-order valence-corrected chi connectivity index (χ0v) is 5.44. The van der Waals surface area contributed by atoms with Crippen molar-refractivity contribution < 1.29 is 0 Å². The number of nitrogens with one attached hydrogen (secondary N) is 2. The normalized spacial score (nSPS) is 31.5. The molecule has 1 aliphatic heterocycles. The number of hydrogen-bond donors (Lipinski definition) is 2. The average Bonchev–Trinajstić information content (AvgIpc) is 2.14. The van der Waals surface area contributed by atoms with Gasteiger partial charge in [0.2, 0.25) is 0 Å². The first-order valence-corrected chi connectivity index (χ1v) is 3.05. The Morgan fingerprint density at radius 2 is 2.50 bits per heavy atom. The summed E-state index contributed by atoms with van der Waals surface area (Å²) in [5.41, 5.74) is 6.14. The first kappa shape index (κ1) is 6.01. The Balaban J connectivity index is 2.22. The molecule has 1 unspecified atom stereocenters. The Hall–Kier alpha value is -0.120. The molecule has 1 saturated heterocycles. The van der Waals surface area contributed by atoms with E-state index in [1.54, 1.807) is 0 Å². The molecule has 0 aromatic rings. The molecule has 0 saturated carbocycles. The predicted octanol–water partition coefficient (Wildman–Crippen LogP) is -0.280. The summed E-state index contributed by atoms with van der Waals surface area (Å²) in [7, 11) is 2.03. The Bertz CT molecular complexity index is 74.1. The zero-order valence-electron chi connectivity index (χ0n) is 5.44. The largest absolute Gasteiger partial charge is 0.240 e. The van der Waals surface area contributed by atoms with Gasteiger partial charge in [-0.25, -0.2) is 10.4 Å². The highest BCUT2D eigenvalue weighted by molar-refractivity contribution is 4.68. The summed E-state index contributed by atoms with van der Waals surface area (Å²) in [4.78, 5) is 0. The maximum Gasteiger partial charge on any atom is 0.0365 e. The van der Waals surface area contributed by atoms with E-state index in [1.165, 1.54) is 6.42 Å². The molecular weight excluding hydrogens is 102 g/mol. The van der Waals surface area contributed by atoms with Crippen molar-refractivity contribution >= 4 is 0 Å². The summed E-state index contributed by atoms with van der Waals surface area (Å²) in [6.07, 6.45) is 1.19. The third-order valence-electron chi connectivity index (χ3n) is 1.45. The van der Waals surface area contributed by atoms with Crippen LogP contribution < -0.4 is 11.0 Å². The molecule has 48 valence electrons. The fourth-order valence-corrected chi connectivity index (χ4v) is 0.855. The molecule has 0 aliphatic carbocycles. The van der Waals surface area contributed by atoms with Crippen molar-refractivity contribution in [2.75, 3.05) is 13.6 Å². The van der Waals surface area contributed by atoms with E-state index in [0.717, 1.165) is 6.54 Å². The number of hydrogen-bond acceptors (Lipinski definition) is 3. The first-order chi connectivity index (χ1) is 3.83. The second kappa shape index (κ2) is 2.44. The minimum atomic E-state index is 0.639. The molecule has 0 spiro atoms. The van der Waals surface area contributed by atoms with Gasteiger partial charge in [0, 0.05) is 19.6 Å². The van der Waals surface area contributed by atoms with Crippen LogP contribution in [0.2, 0.25) is 0 Å². The second-order valence-corrected chi connectivity index (χ2v) is 2.24. The van der Waals surface area contributed by atoms with E-state index in [1.807, 2.05) is 12.1 Å². The molecule has 3 heteroatoms. The van der Waals surface area contributed by atoms with Gasteiger partial charge < -0.3 is 0 Å². The molecule has 0 radical (unpaired) electrons. The van der Waals surface area contributed by atoms with Gasteiger partial charge in [-0.05, 0) is 6.42 Å². The van der Waals surface area contributed by atoms with Crippen LogP contribution in [0.1, 0.15) is 13.3 Å². The van der Waals surface area contributed by atoms with Crippen LogP contribution in [-0.2, 0) is 0 Å². The molecule has 1 rings (SSSR count). The van der Waals surface area contributed by atoms with E-state index in [4.69, 9.17) is 0 Å². The highest BCUT2D eigenvalue weighted by Gasteiger charge is 2.14. The molecule has 1 aliphatic rings. The molecule has 8 heavy (non-hydrogen) atoms. The lowest BCUT2D eigenvalue weighted by Crippen LogP contribution is -2.34. The Morgan fingerprint density at radius 1 is 1.75 bits per heavy atom. The fourth-order valence-electron chi connectivity index (χ4n) is 0.855.